The van der Waals surface area contributed by atoms with Crippen molar-refractivity contribution in [3.63, 3.8) is 0 Å². The lowest BCUT2D eigenvalue weighted by atomic mass is 10.2. The lowest BCUT2D eigenvalue weighted by Crippen LogP contribution is -2.00. The van der Waals surface area contributed by atoms with E-state index < -0.39 is 0 Å². The smallest absolute Gasteiger partial charge is 0.124 e. The summed E-state index contributed by atoms with van der Waals surface area (Å²) in [6.45, 7) is 0.487. The van der Waals surface area contributed by atoms with Crippen LogP contribution in [0, 0.1) is 5.82 Å². The molecule has 5 heteroatoms. The van der Waals surface area contributed by atoms with E-state index in [2.05, 4.69) is 21.2 Å². The van der Waals surface area contributed by atoms with Crippen LogP contribution in [0.5, 0.6) is 0 Å². The van der Waals surface area contributed by atoms with Gasteiger partial charge in [-0.1, -0.05) is 45.2 Å². The van der Waals surface area contributed by atoms with E-state index in [0.717, 1.165) is 15.7 Å². The fraction of sp³-hybridized carbons (Fsp3) is 0.0769. The Balaban J connectivity index is 2.11. The molecule has 0 aliphatic heterocycles. The minimum absolute atomic E-state index is 0.342. The Morgan fingerprint density at radius 3 is 2.50 bits per heavy atom. The van der Waals surface area contributed by atoms with Crippen molar-refractivity contribution in [1.82, 2.24) is 0 Å². The fourth-order valence-electron chi connectivity index (χ4n) is 1.49. The molecule has 0 heterocycles. The molecule has 0 saturated carbocycles. The van der Waals surface area contributed by atoms with Crippen LogP contribution in [0.25, 0.3) is 0 Å². The van der Waals surface area contributed by atoms with Crippen LogP contribution in [0.3, 0.4) is 0 Å². The molecule has 0 aromatic heterocycles. The van der Waals surface area contributed by atoms with E-state index in [1.807, 2.05) is 12.1 Å². The second-order valence-electron chi connectivity index (χ2n) is 3.71. The predicted octanol–water partition coefficient (Wildman–Crippen LogP) is 5.51. The first kappa shape index (κ1) is 13.7. The molecule has 0 unspecified atom stereocenters. The van der Waals surface area contributed by atoms with Crippen molar-refractivity contribution in [1.29, 1.82) is 0 Å². The summed E-state index contributed by atoms with van der Waals surface area (Å²) in [5.41, 5.74) is 1.62. The zero-order chi connectivity index (χ0) is 13.1. The Hall–Kier alpha value is -0.770. The molecule has 94 valence electrons. The first-order chi connectivity index (χ1) is 8.56. The molecule has 0 radical (unpaired) electrons. The first-order valence-corrected chi connectivity index (χ1v) is 6.74. The highest BCUT2D eigenvalue weighted by Crippen LogP contribution is 2.27. The van der Waals surface area contributed by atoms with E-state index in [4.69, 9.17) is 23.2 Å². The largest absolute Gasteiger partial charge is 0.380 e. The molecule has 0 spiro atoms. The zero-order valence-electron chi connectivity index (χ0n) is 9.18. The normalized spacial score (nSPS) is 10.4. The lowest BCUT2D eigenvalue weighted by molar-refractivity contribution is 0.627. The first-order valence-electron chi connectivity index (χ1n) is 5.19. The molecule has 0 bridgehead atoms. The maximum Gasteiger partial charge on any atom is 0.124 e. The third-order valence-electron chi connectivity index (χ3n) is 2.42. The van der Waals surface area contributed by atoms with E-state index >= 15 is 0 Å². The summed E-state index contributed by atoms with van der Waals surface area (Å²) in [5.74, 6) is -0.342. The van der Waals surface area contributed by atoms with Gasteiger partial charge in [-0.25, -0.2) is 4.39 Å². The average Bonchev–Trinajstić information content (AvgIpc) is 2.30. The molecular formula is C13H9BrCl2FN. The highest BCUT2D eigenvalue weighted by molar-refractivity contribution is 9.10. The van der Waals surface area contributed by atoms with Crippen LogP contribution in [0.4, 0.5) is 10.1 Å². The van der Waals surface area contributed by atoms with Gasteiger partial charge in [0, 0.05) is 16.0 Å². The fourth-order valence-corrected chi connectivity index (χ4v) is 2.46. The van der Waals surface area contributed by atoms with Gasteiger partial charge in [0.25, 0.3) is 0 Å². The summed E-state index contributed by atoms with van der Waals surface area (Å²) in [6.07, 6.45) is 0. The predicted molar refractivity (Wildman–Crippen MR) is 77.9 cm³/mol. The van der Waals surface area contributed by atoms with Crippen LogP contribution >= 0.6 is 39.1 Å². The second kappa shape index (κ2) is 5.91. The van der Waals surface area contributed by atoms with Crippen molar-refractivity contribution in [3.8, 4) is 0 Å². The van der Waals surface area contributed by atoms with Crippen molar-refractivity contribution in [2.45, 2.75) is 6.54 Å². The van der Waals surface area contributed by atoms with Gasteiger partial charge in [0.05, 0.1) is 10.7 Å². The summed E-state index contributed by atoms with van der Waals surface area (Å²) in [5, 5.41) is 4.17. The van der Waals surface area contributed by atoms with Crippen molar-refractivity contribution in [2.75, 3.05) is 5.32 Å². The number of nitrogens with one attached hydrogen (secondary N) is 1. The standard InChI is InChI=1S/C13H9BrCl2FN/c14-9-2-4-13(12(16)5-9)18-7-8-1-3-10(17)6-11(8)15/h1-6,18H,7H2. The number of anilines is 1. The van der Waals surface area contributed by atoms with E-state index in [1.165, 1.54) is 12.1 Å². The molecule has 0 fully saturated rings. The quantitative estimate of drug-likeness (QED) is 0.771. The average molecular weight is 349 g/mol. The van der Waals surface area contributed by atoms with Gasteiger partial charge in [-0.15, -0.1) is 0 Å². The third-order valence-corrected chi connectivity index (χ3v) is 3.57. The number of benzene rings is 2. The van der Waals surface area contributed by atoms with Gasteiger partial charge >= 0.3 is 0 Å². The third kappa shape index (κ3) is 3.37. The number of halogens is 4. The molecule has 0 saturated heterocycles. The van der Waals surface area contributed by atoms with E-state index in [0.29, 0.717) is 16.6 Å². The molecule has 2 rings (SSSR count). The second-order valence-corrected chi connectivity index (χ2v) is 5.44. The summed E-state index contributed by atoms with van der Waals surface area (Å²) in [4.78, 5) is 0. The van der Waals surface area contributed by atoms with Gasteiger partial charge in [-0.05, 0) is 35.9 Å². The number of hydrogen-bond acceptors (Lipinski definition) is 1. The van der Waals surface area contributed by atoms with E-state index in [1.54, 1.807) is 12.1 Å². The summed E-state index contributed by atoms with van der Waals surface area (Å²) >= 11 is 15.4. The van der Waals surface area contributed by atoms with Crippen LogP contribution in [0.15, 0.2) is 40.9 Å². The Morgan fingerprint density at radius 2 is 1.83 bits per heavy atom. The molecule has 2 aromatic rings. The molecule has 0 aliphatic rings. The maximum atomic E-state index is 12.9. The molecule has 18 heavy (non-hydrogen) atoms. The van der Waals surface area contributed by atoms with E-state index in [9.17, 15) is 4.39 Å². The van der Waals surface area contributed by atoms with Crippen LogP contribution in [-0.2, 0) is 6.54 Å². The van der Waals surface area contributed by atoms with Crippen LogP contribution in [-0.4, -0.2) is 0 Å². The van der Waals surface area contributed by atoms with Gasteiger partial charge in [0.15, 0.2) is 0 Å². The molecule has 2 aromatic carbocycles. The van der Waals surface area contributed by atoms with Gasteiger partial charge in [-0.3, -0.25) is 0 Å². The Labute approximate surface area is 123 Å². The van der Waals surface area contributed by atoms with Crippen molar-refractivity contribution < 1.29 is 4.39 Å². The minimum atomic E-state index is -0.342. The highest BCUT2D eigenvalue weighted by atomic mass is 79.9. The van der Waals surface area contributed by atoms with Crippen LogP contribution in [0.1, 0.15) is 5.56 Å². The van der Waals surface area contributed by atoms with Crippen molar-refractivity contribution in [2.24, 2.45) is 0 Å². The monoisotopic (exact) mass is 347 g/mol. The Bertz CT molecular complexity index is 523. The zero-order valence-corrected chi connectivity index (χ0v) is 12.3. The van der Waals surface area contributed by atoms with E-state index in [-0.39, 0.29) is 5.82 Å². The van der Waals surface area contributed by atoms with Crippen LogP contribution < -0.4 is 5.32 Å². The molecule has 0 amide bonds. The van der Waals surface area contributed by atoms with Crippen molar-refractivity contribution in [3.05, 3.63) is 62.3 Å². The topological polar surface area (TPSA) is 12.0 Å². The SMILES string of the molecule is Fc1ccc(CNc2ccc(Br)cc2Cl)c(Cl)c1. The Kier molecular flexibility index (Phi) is 4.49. The molecule has 1 nitrogen and oxygen atoms in total. The maximum absolute atomic E-state index is 12.9. The molecule has 1 N–H and O–H groups in total. The van der Waals surface area contributed by atoms with Gasteiger partial charge in [0.2, 0.25) is 0 Å². The van der Waals surface area contributed by atoms with Gasteiger partial charge < -0.3 is 5.32 Å². The van der Waals surface area contributed by atoms with Crippen molar-refractivity contribution >= 4 is 44.8 Å². The lowest BCUT2D eigenvalue weighted by Gasteiger charge is -2.10. The van der Waals surface area contributed by atoms with Crippen LogP contribution in [0.2, 0.25) is 10.0 Å². The summed E-state index contributed by atoms with van der Waals surface area (Å²) in [6, 6.07) is 9.88. The summed E-state index contributed by atoms with van der Waals surface area (Å²) in [7, 11) is 0. The highest BCUT2D eigenvalue weighted by Gasteiger charge is 2.04. The Morgan fingerprint density at radius 1 is 1.06 bits per heavy atom. The molecule has 0 atom stereocenters. The minimum Gasteiger partial charge on any atom is -0.380 e. The number of hydrogen-bond donors (Lipinski definition) is 1. The van der Waals surface area contributed by atoms with Gasteiger partial charge in [-0.2, -0.15) is 0 Å². The van der Waals surface area contributed by atoms with Gasteiger partial charge in [0.1, 0.15) is 5.82 Å². The molecular weight excluding hydrogens is 340 g/mol. The number of rotatable bonds is 3. The molecule has 0 aliphatic carbocycles. The summed E-state index contributed by atoms with van der Waals surface area (Å²) < 4.78 is 13.8.